The van der Waals surface area contributed by atoms with Gasteiger partial charge in [-0.1, -0.05) is 13.8 Å². The molecule has 0 heterocycles. The maximum atomic E-state index is 10.3. The Hall–Kier alpha value is -0.860. The first kappa shape index (κ1) is 9.14. The molecule has 0 aromatic carbocycles. The van der Waals surface area contributed by atoms with Crippen LogP contribution in [0, 0.1) is 11.3 Å². The second-order valence-electron chi connectivity index (χ2n) is 2.51. The molecule has 0 saturated carbocycles. The molecule has 0 amide bonds. The molecule has 10 heavy (non-hydrogen) atoms. The Labute approximate surface area is 60.9 Å². The first-order valence-corrected chi connectivity index (χ1v) is 3.24. The third-order valence-corrected chi connectivity index (χ3v) is 0.955. The molecule has 0 spiro atoms. The average molecular weight is 143 g/mol. The predicted octanol–water partition coefficient (Wildman–Crippen LogP) is 1.23. The summed E-state index contributed by atoms with van der Waals surface area (Å²) in [6.45, 7) is 5.16. The number of rotatable bonds is 3. The lowest BCUT2D eigenvalue weighted by Gasteiger charge is -2.07. The Morgan fingerprint density at radius 3 is 2.40 bits per heavy atom. The van der Waals surface area contributed by atoms with Gasteiger partial charge in [-0.05, 0) is 6.92 Å². The van der Waals surface area contributed by atoms with Crippen molar-refractivity contribution in [1.29, 1.82) is 5.41 Å². The lowest BCUT2D eigenvalue weighted by molar-refractivity contribution is -0.119. The highest BCUT2D eigenvalue weighted by Crippen LogP contribution is 1.95. The van der Waals surface area contributed by atoms with Gasteiger partial charge in [0.05, 0.1) is 0 Å². The molecule has 3 heteroatoms. The molecule has 0 atom stereocenters. The Kier molecular flexibility index (Phi) is 3.69. The largest absolute Gasteiger partial charge is 0.473 e. The Morgan fingerprint density at radius 1 is 1.60 bits per heavy atom. The van der Waals surface area contributed by atoms with Gasteiger partial charge in [0.15, 0.2) is 11.7 Å². The van der Waals surface area contributed by atoms with Gasteiger partial charge in [-0.25, -0.2) is 0 Å². The lowest BCUT2D eigenvalue weighted by Crippen LogP contribution is -2.15. The van der Waals surface area contributed by atoms with Crippen LogP contribution in [-0.2, 0) is 9.53 Å². The Balaban J connectivity index is 3.50. The number of ether oxygens (including phenoxy) is 1. The van der Waals surface area contributed by atoms with Crippen molar-refractivity contribution in [2.24, 2.45) is 5.92 Å². The summed E-state index contributed by atoms with van der Waals surface area (Å²) in [5.74, 6) is 0.194. The average Bonchev–Trinajstić information content (AvgIpc) is 1.82. The minimum absolute atomic E-state index is 0.0248. The van der Waals surface area contributed by atoms with Crippen LogP contribution >= 0.6 is 0 Å². The highest BCUT2D eigenvalue weighted by atomic mass is 16.5. The summed E-state index contributed by atoms with van der Waals surface area (Å²) >= 11 is 0. The summed E-state index contributed by atoms with van der Waals surface area (Å²) in [7, 11) is 0. The van der Waals surface area contributed by atoms with E-state index in [0.29, 0.717) is 0 Å². The van der Waals surface area contributed by atoms with E-state index in [1.165, 1.54) is 6.92 Å². The van der Waals surface area contributed by atoms with Crippen LogP contribution in [0.2, 0.25) is 0 Å². The third-order valence-electron chi connectivity index (χ3n) is 0.955. The molecule has 0 aliphatic carbocycles. The van der Waals surface area contributed by atoms with E-state index in [9.17, 15) is 4.79 Å². The van der Waals surface area contributed by atoms with Gasteiger partial charge in [0.1, 0.15) is 6.61 Å². The number of hydrogen-bond acceptors (Lipinski definition) is 3. The van der Waals surface area contributed by atoms with Gasteiger partial charge in [0.2, 0.25) is 0 Å². The fraction of sp³-hybridized carbons (Fsp3) is 0.714. The zero-order valence-corrected chi connectivity index (χ0v) is 6.60. The van der Waals surface area contributed by atoms with Crippen LogP contribution in [0.4, 0.5) is 0 Å². The van der Waals surface area contributed by atoms with E-state index in [1.54, 1.807) is 0 Å². The van der Waals surface area contributed by atoms with Crippen LogP contribution in [-0.4, -0.2) is 18.3 Å². The highest BCUT2D eigenvalue weighted by molar-refractivity contribution is 5.81. The van der Waals surface area contributed by atoms with Gasteiger partial charge in [-0.2, -0.15) is 0 Å². The minimum atomic E-state index is -0.0506. The van der Waals surface area contributed by atoms with Crippen molar-refractivity contribution in [2.45, 2.75) is 20.8 Å². The zero-order valence-electron chi connectivity index (χ0n) is 6.60. The van der Waals surface area contributed by atoms with Crippen molar-refractivity contribution in [3.8, 4) is 0 Å². The summed E-state index contributed by atoms with van der Waals surface area (Å²) in [5, 5.41) is 7.16. The summed E-state index contributed by atoms with van der Waals surface area (Å²) in [4.78, 5) is 10.3. The molecule has 0 aromatic rings. The fourth-order valence-corrected chi connectivity index (χ4v) is 0.346. The molecule has 0 aliphatic heterocycles. The molecule has 0 radical (unpaired) electrons. The van der Waals surface area contributed by atoms with E-state index in [0.717, 1.165) is 0 Å². The molecule has 0 aromatic heterocycles. The fourth-order valence-electron chi connectivity index (χ4n) is 0.346. The monoisotopic (exact) mass is 143 g/mol. The smallest absolute Gasteiger partial charge is 0.183 e. The maximum absolute atomic E-state index is 10.3. The van der Waals surface area contributed by atoms with Gasteiger partial charge in [-0.3, -0.25) is 10.2 Å². The number of Topliss-reactive ketones (excluding diaryl/α,β-unsaturated/α-hetero) is 1. The molecule has 0 bridgehead atoms. The van der Waals surface area contributed by atoms with Gasteiger partial charge in [0.25, 0.3) is 0 Å². The maximum Gasteiger partial charge on any atom is 0.183 e. The van der Waals surface area contributed by atoms with Crippen molar-refractivity contribution < 1.29 is 9.53 Å². The predicted molar refractivity (Wildman–Crippen MR) is 39.2 cm³/mol. The zero-order chi connectivity index (χ0) is 8.15. The quantitative estimate of drug-likeness (QED) is 0.477. The summed E-state index contributed by atoms with van der Waals surface area (Å²) in [5.41, 5.74) is 0. The lowest BCUT2D eigenvalue weighted by atomic mass is 10.2. The number of hydrogen-bond donors (Lipinski definition) is 1. The third kappa shape index (κ3) is 4.06. The van der Waals surface area contributed by atoms with Gasteiger partial charge in [0, 0.05) is 5.92 Å². The second kappa shape index (κ2) is 4.04. The van der Waals surface area contributed by atoms with Crippen molar-refractivity contribution >= 4 is 11.7 Å². The Morgan fingerprint density at radius 2 is 2.10 bits per heavy atom. The van der Waals surface area contributed by atoms with Crippen LogP contribution in [0.3, 0.4) is 0 Å². The molecule has 1 N–H and O–H groups in total. The molecule has 0 aliphatic rings. The Bertz CT molecular complexity index is 141. The first-order valence-electron chi connectivity index (χ1n) is 3.24. The normalized spacial score (nSPS) is 9.60. The van der Waals surface area contributed by atoms with E-state index in [2.05, 4.69) is 0 Å². The van der Waals surface area contributed by atoms with E-state index < -0.39 is 0 Å². The van der Waals surface area contributed by atoms with Gasteiger partial charge in [-0.15, -0.1) is 0 Å². The van der Waals surface area contributed by atoms with Crippen molar-refractivity contribution in [2.75, 3.05) is 6.61 Å². The number of carbonyl (C=O) groups excluding carboxylic acids is 1. The van der Waals surface area contributed by atoms with Gasteiger partial charge < -0.3 is 4.74 Å². The molecular formula is C7H13NO2. The number of ketones is 1. The number of carbonyl (C=O) groups is 1. The van der Waals surface area contributed by atoms with Crippen LogP contribution in [0.1, 0.15) is 20.8 Å². The minimum Gasteiger partial charge on any atom is -0.473 e. The van der Waals surface area contributed by atoms with Crippen LogP contribution in [0.25, 0.3) is 0 Å². The van der Waals surface area contributed by atoms with Crippen molar-refractivity contribution in [3.05, 3.63) is 0 Å². The van der Waals surface area contributed by atoms with E-state index in [-0.39, 0.29) is 24.2 Å². The molecular weight excluding hydrogens is 130 g/mol. The molecule has 58 valence electrons. The standard InChI is InChI=1S/C7H13NO2/c1-5(2)7(8)10-4-6(3)9/h5,8H,4H2,1-3H3. The van der Waals surface area contributed by atoms with Gasteiger partial charge >= 0.3 is 0 Å². The second-order valence-corrected chi connectivity index (χ2v) is 2.51. The van der Waals surface area contributed by atoms with E-state index in [4.69, 9.17) is 10.1 Å². The van der Waals surface area contributed by atoms with Crippen molar-refractivity contribution in [1.82, 2.24) is 0 Å². The number of nitrogens with one attached hydrogen (secondary N) is 1. The molecule has 0 unspecified atom stereocenters. The van der Waals surface area contributed by atoms with Crippen molar-refractivity contribution in [3.63, 3.8) is 0 Å². The van der Waals surface area contributed by atoms with Crippen LogP contribution < -0.4 is 0 Å². The highest BCUT2D eigenvalue weighted by Gasteiger charge is 2.03. The summed E-state index contributed by atoms with van der Waals surface area (Å²) < 4.78 is 4.80. The molecule has 0 fully saturated rings. The topological polar surface area (TPSA) is 50.2 Å². The molecule has 3 nitrogen and oxygen atoms in total. The summed E-state index contributed by atoms with van der Waals surface area (Å²) in [6, 6.07) is 0. The molecule has 0 rings (SSSR count). The first-order chi connectivity index (χ1) is 4.54. The van der Waals surface area contributed by atoms with E-state index >= 15 is 0 Å². The molecule has 0 saturated heterocycles. The SMILES string of the molecule is CC(=O)COC(=N)C(C)C. The van der Waals surface area contributed by atoms with Crippen LogP contribution in [0.15, 0.2) is 0 Å². The van der Waals surface area contributed by atoms with E-state index in [1.807, 2.05) is 13.8 Å². The van der Waals surface area contributed by atoms with Crippen LogP contribution in [0.5, 0.6) is 0 Å². The summed E-state index contributed by atoms with van der Waals surface area (Å²) in [6.07, 6.45) is 0.